The number of aliphatic imine (C=N–C) groups is 1. The van der Waals surface area contributed by atoms with E-state index >= 15 is 0 Å². The number of halogens is 2. The van der Waals surface area contributed by atoms with Gasteiger partial charge in [-0.3, -0.25) is 9.79 Å². The number of benzene rings is 1. The SMILES string of the molecule is C=N/C(=C\C(=C)F)C(=O)Nc1cc(F)cc(Oc2cncnc2)c1. The maximum absolute atomic E-state index is 13.7. The van der Waals surface area contributed by atoms with Crippen LogP contribution in [0.15, 0.2) is 66.1 Å². The van der Waals surface area contributed by atoms with Crippen LogP contribution in [-0.4, -0.2) is 22.6 Å². The molecule has 2 rings (SSSR count). The molecule has 0 spiro atoms. The predicted octanol–water partition coefficient (Wildman–Crippen LogP) is 3.41. The van der Waals surface area contributed by atoms with Gasteiger partial charge in [-0.1, -0.05) is 6.58 Å². The third-order valence-electron chi connectivity index (χ3n) is 2.60. The fourth-order valence-electron chi connectivity index (χ4n) is 1.69. The first kappa shape index (κ1) is 16.9. The van der Waals surface area contributed by atoms with E-state index in [1.54, 1.807) is 0 Å². The number of hydrogen-bond donors (Lipinski definition) is 1. The number of allylic oxidation sites excluding steroid dienone is 2. The molecule has 1 N–H and O–H groups in total. The van der Waals surface area contributed by atoms with Gasteiger partial charge in [0, 0.05) is 23.9 Å². The summed E-state index contributed by atoms with van der Waals surface area (Å²) >= 11 is 0. The molecule has 0 aliphatic heterocycles. The quantitative estimate of drug-likeness (QED) is 0.500. The number of aromatic nitrogens is 2. The maximum Gasteiger partial charge on any atom is 0.274 e. The minimum atomic E-state index is -0.861. The highest BCUT2D eigenvalue weighted by Gasteiger charge is 2.11. The van der Waals surface area contributed by atoms with E-state index in [0.29, 0.717) is 5.75 Å². The minimum absolute atomic E-state index is 0.0888. The number of rotatable bonds is 6. The zero-order chi connectivity index (χ0) is 17.5. The lowest BCUT2D eigenvalue weighted by Crippen LogP contribution is -2.13. The number of carbonyl (C=O) groups excluding carboxylic acids is 1. The monoisotopic (exact) mass is 330 g/mol. The molecule has 0 fully saturated rings. The molecule has 0 saturated carbocycles. The fourth-order valence-corrected chi connectivity index (χ4v) is 1.69. The molecule has 0 saturated heterocycles. The first-order valence-electron chi connectivity index (χ1n) is 6.55. The van der Waals surface area contributed by atoms with Crippen LogP contribution in [0, 0.1) is 5.82 Å². The molecule has 6 nitrogen and oxygen atoms in total. The number of ether oxygens (including phenoxy) is 1. The molecule has 1 aromatic heterocycles. The van der Waals surface area contributed by atoms with Crippen LogP contribution in [-0.2, 0) is 4.79 Å². The standard InChI is InChI=1S/C16H12F2N4O2/c1-10(17)3-15(19-2)16(23)22-12-4-11(18)5-13(6-12)24-14-7-20-9-21-8-14/h3-9H,1-2H2,(H,22,23)/b15-3-. The lowest BCUT2D eigenvalue weighted by atomic mass is 10.2. The Hall–Kier alpha value is -3.42. The van der Waals surface area contributed by atoms with Gasteiger partial charge in [0.2, 0.25) is 0 Å². The van der Waals surface area contributed by atoms with Crippen LogP contribution in [0.25, 0.3) is 0 Å². The Kier molecular flexibility index (Phi) is 5.45. The molecule has 0 radical (unpaired) electrons. The molecule has 1 aromatic carbocycles. The van der Waals surface area contributed by atoms with Crippen LogP contribution in [0.5, 0.6) is 11.5 Å². The van der Waals surface area contributed by atoms with Gasteiger partial charge in [0.15, 0.2) is 5.75 Å². The molecule has 1 heterocycles. The van der Waals surface area contributed by atoms with E-state index in [4.69, 9.17) is 4.74 Å². The highest BCUT2D eigenvalue weighted by Crippen LogP contribution is 2.25. The van der Waals surface area contributed by atoms with Crippen LogP contribution in [0.3, 0.4) is 0 Å². The van der Waals surface area contributed by atoms with Crippen LogP contribution < -0.4 is 10.1 Å². The van der Waals surface area contributed by atoms with Crippen molar-refractivity contribution in [3.63, 3.8) is 0 Å². The molecular formula is C16H12F2N4O2. The van der Waals surface area contributed by atoms with Crippen LogP contribution >= 0.6 is 0 Å². The second-order valence-electron chi connectivity index (χ2n) is 4.44. The number of nitrogens with zero attached hydrogens (tertiary/aromatic N) is 3. The van der Waals surface area contributed by atoms with Crippen molar-refractivity contribution in [1.29, 1.82) is 0 Å². The second-order valence-corrected chi connectivity index (χ2v) is 4.44. The molecular weight excluding hydrogens is 318 g/mol. The van der Waals surface area contributed by atoms with Gasteiger partial charge in [0.25, 0.3) is 5.91 Å². The summed E-state index contributed by atoms with van der Waals surface area (Å²) in [7, 11) is 0. The maximum atomic E-state index is 13.7. The van der Waals surface area contributed by atoms with E-state index in [1.807, 2.05) is 0 Å². The van der Waals surface area contributed by atoms with Gasteiger partial charge in [0.05, 0.1) is 12.4 Å². The molecule has 122 valence electrons. The van der Waals surface area contributed by atoms with Crippen LogP contribution in [0.1, 0.15) is 0 Å². The summed E-state index contributed by atoms with van der Waals surface area (Å²) in [5, 5.41) is 2.37. The third-order valence-corrected chi connectivity index (χ3v) is 2.60. The van der Waals surface area contributed by atoms with E-state index in [-0.39, 0.29) is 17.1 Å². The normalized spacial score (nSPS) is 10.8. The Balaban J connectivity index is 2.20. The molecule has 0 aliphatic carbocycles. The van der Waals surface area contributed by atoms with Gasteiger partial charge in [-0.15, -0.1) is 0 Å². The van der Waals surface area contributed by atoms with Crippen molar-refractivity contribution in [3.05, 3.63) is 66.9 Å². The van der Waals surface area contributed by atoms with Gasteiger partial charge >= 0.3 is 0 Å². The fraction of sp³-hybridized carbons (Fsp3) is 0. The Labute approximate surface area is 136 Å². The first-order chi connectivity index (χ1) is 11.5. The van der Waals surface area contributed by atoms with Gasteiger partial charge in [0.1, 0.15) is 29.4 Å². The Morgan fingerprint density at radius 1 is 1.25 bits per heavy atom. The van der Waals surface area contributed by atoms with Crippen molar-refractivity contribution in [1.82, 2.24) is 9.97 Å². The molecule has 0 bridgehead atoms. The summed E-state index contributed by atoms with van der Waals surface area (Å²) in [6, 6.07) is 3.56. The van der Waals surface area contributed by atoms with E-state index in [0.717, 1.165) is 18.2 Å². The summed E-state index contributed by atoms with van der Waals surface area (Å²) in [6.45, 7) is 6.17. The largest absolute Gasteiger partial charge is 0.454 e. The van der Waals surface area contributed by atoms with Crippen LogP contribution in [0.2, 0.25) is 0 Å². The second kappa shape index (κ2) is 7.73. The molecule has 8 heteroatoms. The molecule has 0 aliphatic rings. The van der Waals surface area contributed by atoms with Crippen molar-refractivity contribution >= 4 is 18.3 Å². The smallest absolute Gasteiger partial charge is 0.274 e. The molecule has 0 unspecified atom stereocenters. The number of hydrogen-bond acceptors (Lipinski definition) is 5. The van der Waals surface area contributed by atoms with Crippen LogP contribution in [0.4, 0.5) is 14.5 Å². The number of amides is 1. The summed E-state index contributed by atoms with van der Waals surface area (Å²) in [5.41, 5.74) is -0.212. The summed E-state index contributed by atoms with van der Waals surface area (Å²) < 4.78 is 31.9. The van der Waals surface area contributed by atoms with Crippen molar-refractivity contribution in [2.24, 2.45) is 4.99 Å². The van der Waals surface area contributed by atoms with Gasteiger partial charge in [-0.2, -0.15) is 0 Å². The Morgan fingerprint density at radius 3 is 2.58 bits per heavy atom. The zero-order valence-electron chi connectivity index (χ0n) is 12.4. The summed E-state index contributed by atoms with van der Waals surface area (Å²) in [4.78, 5) is 22.9. The molecule has 2 aromatic rings. The van der Waals surface area contributed by atoms with E-state index in [2.05, 4.69) is 33.6 Å². The van der Waals surface area contributed by atoms with Crippen molar-refractivity contribution in [2.45, 2.75) is 0 Å². The average Bonchev–Trinajstić information content (AvgIpc) is 2.52. The summed E-state index contributed by atoms with van der Waals surface area (Å²) in [6.07, 6.45) is 4.91. The first-order valence-corrected chi connectivity index (χ1v) is 6.55. The van der Waals surface area contributed by atoms with E-state index in [9.17, 15) is 13.6 Å². The Bertz CT molecular complexity index is 807. The number of anilines is 1. The Morgan fingerprint density at radius 2 is 1.96 bits per heavy atom. The minimum Gasteiger partial charge on any atom is -0.454 e. The third kappa shape index (κ3) is 4.80. The van der Waals surface area contributed by atoms with E-state index in [1.165, 1.54) is 24.8 Å². The molecule has 1 amide bonds. The lowest BCUT2D eigenvalue weighted by Gasteiger charge is -2.09. The topological polar surface area (TPSA) is 76.5 Å². The summed E-state index contributed by atoms with van der Waals surface area (Å²) in [5.74, 6) is -1.87. The van der Waals surface area contributed by atoms with E-state index < -0.39 is 17.6 Å². The highest BCUT2D eigenvalue weighted by molar-refractivity contribution is 6.04. The van der Waals surface area contributed by atoms with Gasteiger partial charge in [-0.05, 0) is 12.8 Å². The van der Waals surface area contributed by atoms with Gasteiger partial charge < -0.3 is 10.1 Å². The number of nitrogens with one attached hydrogen (secondary N) is 1. The zero-order valence-corrected chi connectivity index (χ0v) is 12.4. The molecule has 24 heavy (non-hydrogen) atoms. The van der Waals surface area contributed by atoms with Gasteiger partial charge in [-0.25, -0.2) is 18.7 Å². The van der Waals surface area contributed by atoms with Crippen molar-refractivity contribution < 1.29 is 18.3 Å². The average molecular weight is 330 g/mol. The van der Waals surface area contributed by atoms with Crippen molar-refractivity contribution in [2.75, 3.05) is 5.32 Å². The van der Waals surface area contributed by atoms with Crippen molar-refractivity contribution in [3.8, 4) is 11.5 Å². The molecule has 0 atom stereocenters. The lowest BCUT2D eigenvalue weighted by molar-refractivity contribution is -0.112. The number of carbonyl (C=O) groups is 1. The highest BCUT2D eigenvalue weighted by atomic mass is 19.1. The predicted molar refractivity (Wildman–Crippen MR) is 85.0 cm³/mol.